The van der Waals surface area contributed by atoms with Crippen LogP contribution in [-0.4, -0.2) is 62.2 Å². The van der Waals surface area contributed by atoms with Crippen molar-refractivity contribution in [3.8, 4) is 0 Å². The molecule has 2 rings (SSSR count). The van der Waals surface area contributed by atoms with Crippen molar-refractivity contribution in [2.45, 2.75) is 53.6 Å². The number of rotatable bonds is 10. The number of ether oxygens (including phenoxy) is 1. The van der Waals surface area contributed by atoms with Crippen molar-refractivity contribution < 1.29 is 9.53 Å². The van der Waals surface area contributed by atoms with Crippen LogP contribution in [0.2, 0.25) is 0 Å². The zero-order chi connectivity index (χ0) is 22.6. The predicted octanol–water partition coefficient (Wildman–Crippen LogP) is 3.08. The average Bonchev–Trinajstić information content (AvgIpc) is 2.76. The van der Waals surface area contributed by atoms with Gasteiger partial charge in [0.1, 0.15) is 0 Å². The molecule has 1 fully saturated rings. The highest BCUT2D eigenvalue weighted by atomic mass is 16.5. The number of nitrogens with zero attached hydrogens (tertiary/aromatic N) is 2. The van der Waals surface area contributed by atoms with Crippen LogP contribution >= 0.6 is 0 Å². The summed E-state index contributed by atoms with van der Waals surface area (Å²) < 4.78 is 5.53. The lowest BCUT2D eigenvalue weighted by Gasteiger charge is -2.35. The molecule has 174 valence electrons. The zero-order valence-electron chi connectivity index (χ0n) is 19.9. The summed E-state index contributed by atoms with van der Waals surface area (Å²) in [6.45, 7) is 16.3. The monoisotopic (exact) mass is 431 g/mol. The SMILES string of the molecule is CCNC(=NCc1ccc(NC(=O)C(C)C)cc1)NCC(CC(C)C)N1CCOCC1. The molecule has 1 saturated heterocycles. The van der Waals surface area contributed by atoms with E-state index in [0.29, 0.717) is 18.5 Å². The van der Waals surface area contributed by atoms with Crippen LogP contribution in [-0.2, 0) is 16.1 Å². The molecule has 3 N–H and O–H groups in total. The molecule has 1 aromatic carbocycles. The van der Waals surface area contributed by atoms with Crippen molar-refractivity contribution in [1.82, 2.24) is 15.5 Å². The summed E-state index contributed by atoms with van der Waals surface area (Å²) in [5.41, 5.74) is 1.92. The van der Waals surface area contributed by atoms with Crippen LogP contribution in [0.1, 0.15) is 46.6 Å². The number of amides is 1. The lowest BCUT2D eigenvalue weighted by atomic mass is 10.0. The quantitative estimate of drug-likeness (QED) is 0.392. The Balaban J connectivity index is 1.94. The van der Waals surface area contributed by atoms with Gasteiger partial charge in [0.15, 0.2) is 5.96 Å². The van der Waals surface area contributed by atoms with Gasteiger partial charge in [-0.15, -0.1) is 0 Å². The maximum atomic E-state index is 11.8. The number of guanidine groups is 1. The first-order valence-corrected chi connectivity index (χ1v) is 11.6. The van der Waals surface area contributed by atoms with E-state index in [1.54, 1.807) is 0 Å². The Labute approximate surface area is 188 Å². The average molecular weight is 432 g/mol. The first kappa shape index (κ1) is 25.1. The minimum absolute atomic E-state index is 0.0284. The van der Waals surface area contributed by atoms with Gasteiger partial charge in [0.25, 0.3) is 0 Å². The first-order valence-electron chi connectivity index (χ1n) is 11.6. The van der Waals surface area contributed by atoms with Crippen LogP contribution in [0, 0.1) is 11.8 Å². The van der Waals surface area contributed by atoms with Gasteiger partial charge in [-0.2, -0.15) is 0 Å². The number of nitrogens with one attached hydrogen (secondary N) is 3. The summed E-state index contributed by atoms with van der Waals surface area (Å²) in [4.78, 5) is 19.1. The van der Waals surface area contributed by atoms with Gasteiger partial charge in [-0.3, -0.25) is 9.69 Å². The van der Waals surface area contributed by atoms with Gasteiger partial charge in [-0.05, 0) is 37.0 Å². The highest BCUT2D eigenvalue weighted by Crippen LogP contribution is 2.14. The highest BCUT2D eigenvalue weighted by Gasteiger charge is 2.22. The number of carbonyl (C=O) groups is 1. The van der Waals surface area contributed by atoms with Crippen LogP contribution in [0.15, 0.2) is 29.3 Å². The fraction of sp³-hybridized carbons (Fsp3) is 0.667. The van der Waals surface area contributed by atoms with Gasteiger partial charge in [0.05, 0.1) is 19.8 Å². The van der Waals surface area contributed by atoms with Gasteiger partial charge in [-0.25, -0.2) is 4.99 Å². The lowest BCUT2D eigenvalue weighted by Crippen LogP contribution is -2.51. The zero-order valence-corrected chi connectivity index (χ0v) is 19.9. The van der Waals surface area contributed by atoms with E-state index in [9.17, 15) is 4.79 Å². The van der Waals surface area contributed by atoms with Crippen LogP contribution < -0.4 is 16.0 Å². The van der Waals surface area contributed by atoms with Gasteiger partial charge in [0, 0.05) is 43.8 Å². The van der Waals surface area contributed by atoms with Crippen molar-refractivity contribution in [2.75, 3.05) is 44.7 Å². The van der Waals surface area contributed by atoms with E-state index in [-0.39, 0.29) is 11.8 Å². The summed E-state index contributed by atoms with van der Waals surface area (Å²) in [5, 5.41) is 9.82. The van der Waals surface area contributed by atoms with Gasteiger partial charge >= 0.3 is 0 Å². The topological polar surface area (TPSA) is 78.0 Å². The molecule has 7 heteroatoms. The molecule has 0 saturated carbocycles. The van der Waals surface area contributed by atoms with Crippen LogP contribution in [0.25, 0.3) is 0 Å². The second kappa shape index (κ2) is 13.3. The van der Waals surface area contributed by atoms with Crippen LogP contribution in [0.4, 0.5) is 5.69 Å². The Hall–Kier alpha value is -2.12. The second-order valence-corrected chi connectivity index (χ2v) is 8.85. The normalized spacial score (nSPS) is 16.4. The summed E-state index contributed by atoms with van der Waals surface area (Å²) in [7, 11) is 0. The summed E-state index contributed by atoms with van der Waals surface area (Å²) in [5.74, 6) is 1.47. The number of hydrogen-bond donors (Lipinski definition) is 3. The van der Waals surface area contributed by atoms with Crippen molar-refractivity contribution in [2.24, 2.45) is 16.8 Å². The van der Waals surface area contributed by atoms with E-state index in [2.05, 4.69) is 41.6 Å². The Morgan fingerprint density at radius 1 is 1.10 bits per heavy atom. The molecular formula is C24H41N5O2. The van der Waals surface area contributed by atoms with Crippen molar-refractivity contribution in [1.29, 1.82) is 0 Å². The highest BCUT2D eigenvalue weighted by molar-refractivity contribution is 5.92. The predicted molar refractivity (Wildman–Crippen MR) is 128 cm³/mol. The largest absolute Gasteiger partial charge is 0.379 e. The molecule has 0 radical (unpaired) electrons. The minimum atomic E-state index is -0.0324. The van der Waals surface area contributed by atoms with Crippen molar-refractivity contribution in [3.05, 3.63) is 29.8 Å². The van der Waals surface area contributed by atoms with Crippen LogP contribution in [0.3, 0.4) is 0 Å². The summed E-state index contributed by atoms with van der Waals surface area (Å²) in [6, 6.07) is 8.36. The Bertz CT molecular complexity index is 682. The fourth-order valence-electron chi connectivity index (χ4n) is 3.55. The molecule has 1 atom stereocenters. The van der Waals surface area contributed by atoms with E-state index in [1.807, 2.05) is 38.1 Å². The molecule has 1 heterocycles. The second-order valence-electron chi connectivity index (χ2n) is 8.85. The molecule has 1 unspecified atom stereocenters. The third-order valence-corrected chi connectivity index (χ3v) is 5.32. The van der Waals surface area contributed by atoms with Gasteiger partial charge < -0.3 is 20.7 Å². The number of hydrogen-bond acceptors (Lipinski definition) is 4. The van der Waals surface area contributed by atoms with E-state index in [4.69, 9.17) is 9.73 Å². The number of benzene rings is 1. The smallest absolute Gasteiger partial charge is 0.226 e. The summed E-state index contributed by atoms with van der Waals surface area (Å²) in [6.07, 6.45) is 1.15. The molecule has 1 aliphatic rings. The Kier molecular flexibility index (Phi) is 10.8. The third kappa shape index (κ3) is 9.27. The molecule has 0 aromatic heterocycles. The number of anilines is 1. The molecule has 0 spiro atoms. The minimum Gasteiger partial charge on any atom is -0.379 e. The van der Waals surface area contributed by atoms with Crippen molar-refractivity contribution >= 4 is 17.6 Å². The molecule has 1 amide bonds. The molecular weight excluding hydrogens is 390 g/mol. The number of morpholine rings is 1. The van der Waals surface area contributed by atoms with Gasteiger partial charge in [-0.1, -0.05) is 39.8 Å². The van der Waals surface area contributed by atoms with E-state index in [0.717, 1.165) is 63.0 Å². The molecule has 1 aromatic rings. The standard InChI is InChI=1S/C24H41N5O2/c1-6-25-24(27-17-22(15-18(2)3)29-11-13-31-14-12-29)26-16-20-7-9-21(10-8-20)28-23(30)19(4)5/h7-10,18-19,22H,6,11-17H2,1-5H3,(H,28,30)(H2,25,26,27). The third-order valence-electron chi connectivity index (χ3n) is 5.32. The maximum Gasteiger partial charge on any atom is 0.226 e. The summed E-state index contributed by atoms with van der Waals surface area (Å²) >= 11 is 0. The first-order chi connectivity index (χ1) is 14.9. The molecule has 0 bridgehead atoms. The molecule has 0 aliphatic carbocycles. The Morgan fingerprint density at radius 2 is 1.77 bits per heavy atom. The Morgan fingerprint density at radius 3 is 2.35 bits per heavy atom. The van der Waals surface area contributed by atoms with E-state index in [1.165, 1.54) is 0 Å². The van der Waals surface area contributed by atoms with E-state index >= 15 is 0 Å². The van der Waals surface area contributed by atoms with Gasteiger partial charge in [0.2, 0.25) is 5.91 Å². The number of aliphatic imine (C=N–C) groups is 1. The van der Waals surface area contributed by atoms with E-state index < -0.39 is 0 Å². The maximum absolute atomic E-state index is 11.8. The molecule has 1 aliphatic heterocycles. The molecule has 7 nitrogen and oxygen atoms in total. The fourth-order valence-corrected chi connectivity index (χ4v) is 3.55. The lowest BCUT2D eigenvalue weighted by molar-refractivity contribution is -0.118. The van der Waals surface area contributed by atoms with Crippen LogP contribution in [0.5, 0.6) is 0 Å². The van der Waals surface area contributed by atoms with Crippen molar-refractivity contribution in [3.63, 3.8) is 0 Å². The number of carbonyl (C=O) groups excluding carboxylic acids is 1. The molecule has 31 heavy (non-hydrogen) atoms.